The van der Waals surface area contributed by atoms with E-state index in [9.17, 15) is 67.4 Å². The number of nitrogens with one attached hydrogen (secondary N) is 4. The SMILES string of the molecule is C[C@@H]1NC(=O)C[C@@H]1CCCCCC(=O)CCCOCCOCCOCCOCCOCCOCCOCCOCCOCCOCCOCCOCCC(=O)CCCCC[C@H](NC(=O)CCSSCCNC(=O)CCC1(C)N=N1)C(=O)NCCCc1cn([C@@H]2O[C@H](COP(=O)(O)O)[C@H](OP(=O)(O)O)C2O)c(=O)nc1N. The zero-order valence-corrected chi connectivity index (χ0v) is 67.1. The summed E-state index contributed by atoms with van der Waals surface area (Å²) >= 11 is 0. The van der Waals surface area contributed by atoms with E-state index < -0.39 is 70.1 Å². The first-order valence-corrected chi connectivity index (χ1v) is 43.4. The molecule has 1 aromatic rings. The molecule has 634 valence electrons. The fraction of sp³-hybridized carbons (Fsp3) is 0.853. The summed E-state index contributed by atoms with van der Waals surface area (Å²) in [7, 11) is -7.50. The number of phosphoric ester groups is 2. The third kappa shape index (κ3) is 49.6. The van der Waals surface area contributed by atoms with Crippen LogP contribution in [0.4, 0.5) is 5.82 Å². The molecular formula is C68H121N9O29P2S2. The molecule has 11 N–H and O–H groups in total. The van der Waals surface area contributed by atoms with Crippen LogP contribution in [0, 0.1) is 5.92 Å². The van der Waals surface area contributed by atoms with Gasteiger partial charge < -0.3 is 113 Å². The second-order valence-electron chi connectivity index (χ2n) is 26.2. The number of aliphatic hydroxyl groups excluding tert-OH is 1. The Morgan fingerprint density at radius 2 is 1.10 bits per heavy atom. The molecule has 2 saturated heterocycles. The molecule has 4 rings (SSSR count). The van der Waals surface area contributed by atoms with E-state index in [4.69, 9.17) is 67.3 Å². The van der Waals surface area contributed by atoms with E-state index in [2.05, 4.69) is 52.5 Å². The molecule has 3 aliphatic heterocycles. The maximum Gasteiger partial charge on any atom is 0.470 e. The van der Waals surface area contributed by atoms with Gasteiger partial charge in [0.25, 0.3) is 0 Å². The monoisotopic (exact) mass is 1650 g/mol. The number of ether oxygens (including phenoxy) is 13. The van der Waals surface area contributed by atoms with E-state index in [0.29, 0.717) is 240 Å². The molecule has 110 heavy (non-hydrogen) atoms. The maximum atomic E-state index is 13.6. The minimum atomic E-state index is -5.32. The Morgan fingerprint density at radius 1 is 0.609 bits per heavy atom. The molecule has 0 aliphatic carbocycles. The van der Waals surface area contributed by atoms with Crippen LogP contribution in [0.3, 0.4) is 0 Å². The number of aryl methyl sites for hydroxylation is 1. The van der Waals surface area contributed by atoms with E-state index in [1.54, 1.807) is 0 Å². The molecule has 0 spiro atoms. The molecule has 0 saturated carbocycles. The summed E-state index contributed by atoms with van der Waals surface area (Å²) in [5, 5.41) is 30.2. The first-order chi connectivity index (χ1) is 52.9. The number of ketones is 2. The fourth-order valence-corrected chi connectivity index (χ4v) is 13.8. The second kappa shape index (κ2) is 59.5. The van der Waals surface area contributed by atoms with Gasteiger partial charge in [-0.25, -0.2) is 13.9 Å². The summed E-state index contributed by atoms with van der Waals surface area (Å²) in [5.74, 6) is 0.771. The molecule has 4 amide bonds. The Morgan fingerprint density at radius 3 is 1.60 bits per heavy atom. The number of anilines is 1. The lowest BCUT2D eigenvalue weighted by Crippen LogP contribution is -2.47. The van der Waals surface area contributed by atoms with Crippen LogP contribution in [0.15, 0.2) is 21.2 Å². The van der Waals surface area contributed by atoms with Gasteiger partial charge in [-0.1, -0.05) is 47.3 Å². The lowest BCUT2D eigenvalue weighted by molar-refractivity contribution is -0.129. The highest BCUT2D eigenvalue weighted by Crippen LogP contribution is 2.45. The van der Waals surface area contributed by atoms with E-state index in [1.165, 1.54) is 27.8 Å². The van der Waals surface area contributed by atoms with E-state index in [0.717, 1.165) is 30.3 Å². The van der Waals surface area contributed by atoms with Crippen molar-refractivity contribution in [2.24, 2.45) is 16.1 Å². The van der Waals surface area contributed by atoms with Crippen LogP contribution in [0.5, 0.6) is 0 Å². The predicted molar refractivity (Wildman–Crippen MR) is 402 cm³/mol. The molecule has 0 radical (unpaired) electrons. The largest absolute Gasteiger partial charge is 0.470 e. The molecule has 1 aromatic heterocycles. The van der Waals surface area contributed by atoms with Crippen molar-refractivity contribution in [1.82, 2.24) is 30.8 Å². The van der Waals surface area contributed by atoms with Gasteiger partial charge in [-0.05, 0) is 64.7 Å². The van der Waals surface area contributed by atoms with Crippen molar-refractivity contribution in [3.05, 3.63) is 22.2 Å². The van der Waals surface area contributed by atoms with Gasteiger partial charge in [0, 0.05) is 100 Å². The lowest BCUT2D eigenvalue weighted by Gasteiger charge is -2.21. The number of phosphoric acid groups is 2. The van der Waals surface area contributed by atoms with Crippen molar-refractivity contribution >= 4 is 78.2 Å². The molecular weight excluding hydrogens is 1530 g/mol. The molecule has 4 heterocycles. The first kappa shape index (κ1) is 98.2. The number of aliphatic hydroxyl groups is 1. The van der Waals surface area contributed by atoms with Gasteiger partial charge in [0.15, 0.2) is 11.9 Å². The zero-order valence-electron chi connectivity index (χ0n) is 63.7. The van der Waals surface area contributed by atoms with Gasteiger partial charge in [0.05, 0.1) is 159 Å². The average molecular weight is 1650 g/mol. The number of hydrogen-bond donors (Lipinski definition) is 10. The normalized spacial score (nSPS) is 18.4. The summed E-state index contributed by atoms with van der Waals surface area (Å²) in [6.07, 6.45) is 4.09. The summed E-state index contributed by atoms with van der Waals surface area (Å²) in [6.45, 7) is 13.5. The summed E-state index contributed by atoms with van der Waals surface area (Å²) in [4.78, 5) is 129. The number of nitrogens with two attached hydrogens (primary N) is 1. The van der Waals surface area contributed by atoms with Crippen LogP contribution in [-0.4, -0.2) is 295 Å². The smallest absolute Gasteiger partial charge is 0.386 e. The van der Waals surface area contributed by atoms with Crippen molar-refractivity contribution in [1.29, 1.82) is 0 Å². The van der Waals surface area contributed by atoms with Gasteiger partial charge in [-0.15, -0.1) is 0 Å². The highest BCUT2D eigenvalue weighted by Gasteiger charge is 2.49. The third-order valence-corrected chi connectivity index (χ3v) is 20.5. The number of carbonyl (C=O) groups excluding carboxylic acids is 6. The Kier molecular flexibility index (Phi) is 53.1. The van der Waals surface area contributed by atoms with Gasteiger partial charge in [0.2, 0.25) is 23.6 Å². The van der Waals surface area contributed by atoms with E-state index >= 15 is 0 Å². The van der Waals surface area contributed by atoms with E-state index in [1.807, 2.05) is 6.92 Å². The third-order valence-electron chi connectivity index (χ3n) is 17.0. The molecule has 1 unspecified atom stereocenters. The van der Waals surface area contributed by atoms with Crippen molar-refractivity contribution in [3.63, 3.8) is 0 Å². The number of nitrogen functional groups attached to an aromatic ring is 1. The highest BCUT2D eigenvalue weighted by molar-refractivity contribution is 8.76. The molecule has 38 nitrogen and oxygen atoms in total. The number of rotatable bonds is 74. The molecule has 0 aromatic carbocycles. The second-order valence-corrected chi connectivity index (χ2v) is 31.4. The highest BCUT2D eigenvalue weighted by atomic mass is 33.1. The molecule has 0 bridgehead atoms. The predicted octanol–water partition coefficient (Wildman–Crippen LogP) is 2.99. The van der Waals surface area contributed by atoms with Crippen molar-refractivity contribution in [2.75, 3.05) is 196 Å². The summed E-state index contributed by atoms with van der Waals surface area (Å²) in [5.41, 5.74) is 4.79. The van der Waals surface area contributed by atoms with Crippen LogP contribution in [0.1, 0.15) is 141 Å². The van der Waals surface area contributed by atoms with Crippen LogP contribution in [0.25, 0.3) is 0 Å². The lowest BCUT2D eigenvalue weighted by atomic mass is 9.94. The standard InChI is InChI=1S/C68H121N9O29P2S2/c1-52-53(49-61(82)72-52)11-5-3-6-13-55(78)15-10-23-92-25-27-94-29-31-96-33-35-98-37-39-100-41-43-102-45-46-103-44-42-101-40-38-99-36-34-97-32-30-95-28-26-93-24-18-56(79)14-7-4-8-16-57(73-60(81)19-47-109-110-48-22-70-59(80)17-20-68(2)75-76-68)65(84)71-21-9-12-54-50-77(67(85)74-64(54)69)66-62(83)63(106-108(89,90)91)58(105-66)51-104-107(86,87)88/h50,52-53,57-58,62-63,66,83H,3-49,51H2,1-2H3,(H,70,80)(H,71,84)(H,72,82)(H,73,81)(H2,69,74,85)(H2,86,87,88)(H2,89,90,91)/t52-,53-,57-,58+,62?,63-,66+/m0/s1. The maximum absolute atomic E-state index is 13.6. The number of Topliss-reactive ketones (excluding diaryl/α,β-unsaturated/α-hetero) is 2. The van der Waals surface area contributed by atoms with Crippen LogP contribution >= 0.6 is 37.2 Å². The fourth-order valence-electron chi connectivity index (χ4n) is 11.0. The number of nitrogens with zero attached hydrogens (tertiary/aromatic N) is 4. The Hall–Kier alpha value is -4.14. The number of hydrogen-bond acceptors (Lipinski definition) is 31. The number of aromatic nitrogens is 2. The van der Waals surface area contributed by atoms with Crippen LogP contribution < -0.4 is 32.7 Å². The Balaban J connectivity index is 0.918. The van der Waals surface area contributed by atoms with Gasteiger partial charge in [0.1, 0.15) is 41.7 Å². The minimum Gasteiger partial charge on any atom is -0.386 e. The summed E-state index contributed by atoms with van der Waals surface area (Å²) < 4.78 is 105. The summed E-state index contributed by atoms with van der Waals surface area (Å²) in [6, 6.07) is -0.668. The molecule has 2 fully saturated rings. The molecule has 7 atom stereocenters. The van der Waals surface area contributed by atoms with E-state index in [-0.39, 0.29) is 92.0 Å². The zero-order chi connectivity index (χ0) is 79.9. The average Bonchev–Trinajstić information content (AvgIpc) is 1.62. The Labute approximate surface area is 651 Å². The van der Waals surface area contributed by atoms with Crippen molar-refractivity contribution in [2.45, 2.75) is 178 Å². The minimum absolute atomic E-state index is 0.0152. The van der Waals surface area contributed by atoms with Crippen LogP contribution in [-0.2, 0) is 115 Å². The van der Waals surface area contributed by atoms with Gasteiger partial charge >= 0.3 is 21.3 Å². The number of carbonyl (C=O) groups is 6. The quantitative estimate of drug-likeness (QED) is 0.0254. The molecule has 3 aliphatic rings. The van der Waals surface area contributed by atoms with Gasteiger partial charge in [-0.3, -0.25) is 42.4 Å². The van der Waals surface area contributed by atoms with Crippen molar-refractivity contribution in [3.8, 4) is 0 Å². The first-order valence-electron chi connectivity index (χ1n) is 37.8. The van der Waals surface area contributed by atoms with Gasteiger partial charge in [-0.2, -0.15) is 15.2 Å². The topological polar surface area (TPSA) is 510 Å². The number of unbranched alkanes of at least 4 members (excludes halogenated alkanes) is 4. The van der Waals surface area contributed by atoms with Crippen LogP contribution in [0.2, 0.25) is 0 Å². The number of amides is 4. The van der Waals surface area contributed by atoms with Crippen molar-refractivity contribution < 1.29 is 133 Å². The molecule has 42 heteroatoms. The Bertz CT molecular complexity index is 2930.